The van der Waals surface area contributed by atoms with Gasteiger partial charge >= 0.3 is 5.97 Å². The van der Waals surface area contributed by atoms with E-state index in [1.165, 1.54) is 11.3 Å². The molecular formula is C11H16N2O2S. The van der Waals surface area contributed by atoms with Gasteiger partial charge in [0.15, 0.2) is 5.13 Å². The van der Waals surface area contributed by atoms with E-state index in [-0.39, 0.29) is 11.9 Å². The molecule has 0 atom stereocenters. The molecule has 0 bridgehead atoms. The molecule has 5 heteroatoms. The summed E-state index contributed by atoms with van der Waals surface area (Å²) in [5, 5.41) is 2.22. The van der Waals surface area contributed by atoms with Crippen LogP contribution in [0.2, 0.25) is 0 Å². The van der Waals surface area contributed by atoms with E-state index in [2.05, 4.69) is 4.98 Å². The van der Waals surface area contributed by atoms with Gasteiger partial charge in [-0.3, -0.25) is 0 Å². The van der Waals surface area contributed by atoms with Gasteiger partial charge in [-0.2, -0.15) is 0 Å². The van der Waals surface area contributed by atoms with E-state index in [0.29, 0.717) is 23.0 Å². The lowest BCUT2D eigenvalue weighted by Crippen LogP contribution is -2.08. The number of hydrogen-bond acceptors (Lipinski definition) is 5. The molecule has 2 N–H and O–H groups in total. The number of esters is 1. The Balaban J connectivity index is 3.01. The molecule has 4 nitrogen and oxygen atoms in total. The number of nitrogen functional groups attached to an aromatic ring is 1. The fourth-order valence-electron chi connectivity index (χ4n) is 1.21. The predicted molar refractivity (Wildman–Crippen MR) is 66.0 cm³/mol. The third-order valence-electron chi connectivity index (χ3n) is 1.79. The summed E-state index contributed by atoms with van der Waals surface area (Å²) in [5.74, 6) is -0.0937. The van der Waals surface area contributed by atoms with E-state index in [1.54, 1.807) is 12.3 Å². The van der Waals surface area contributed by atoms with Gasteiger partial charge in [0.2, 0.25) is 0 Å². The van der Waals surface area contributed by atoms with Crippen LogP contribution in [0.4, 0.5) is 5.13 Å². The van der Waals surface area contributed by atoms with Crippen LogP contribution in [-0.2, 0) is 9.53 Å². The minimum atomic E-state index is -0.346. The Morgan fingerprint density at radius 1 is 1.69 bits per heavy atom. The van der Waals surface area contributed by atoms with Crippen LogP contribution in [0.25, 0.3) is 5.57 Å². The quantitative estimate of drug-likeness (QED) is 0.648. The highest BCUT2D eigenvalue weighted by molar-refractivity contribution is 7.13. The van der Waals surface area contributed by atoms with Gasteiger partial charge in [-0.25, -0.2) is 9.78 Å². The summed E-state index contributed by atoms with van der Waals surface area (Å²) in [4.78, 5) is 15.8. The molecule has 0 aromatic carbocycles. The molecule has 0 saturated heterocycles. The molecule has 1 aromatic rings. The normalized spacial score (nSPS) is 11.9. The highest BCUT2D eigenvalue weighted by atomic mass is 32.1. The summed E-state index contributed by atoms with van der Waals surface area (Å²) in [6, 6.07) is 0. The second-order valence-electron chi connectivity index (χ2n) is 3.62. The summed E-state index contributed by atoms with van der Waals surface area (Å²) in [7, 11) is 0. The maximum absolute atomic E-state index is 11.7. The minimum absolute atomic E-state index is 0.252. The first-order valence-electron chi connectivity index (χ1n) is 5.15. The SMILES string of the molecule is CCOC(=O)C(=CC(C)C)c1csc(N)n1. The molecule has 1 heterocycles. The Hall–Kier alpha value is -1.36. The lowest BCUT2D eigenvalue weighted by molar-refractivity contribution is -0.136. The van der Waals surface area contributed by atoms with Gasteiger partial charge in [-0.15, -0.1) is 11.3 Å². The van der Waals surface area contributed by atoms with Gasteiger partial charge in [0.1, 0.15) is 0 Å². The lowest BCUT2D eigenvalue weighted by Gasteiger charge is -2.05. The Morgan fingerprint density at radius 2 is 2.38 bits per heavy atom. The van der Waals surface area contributed by atoms with E-state index < -0.39 is 0 Å². The van der Waals surface area contributed by atoms with Crippen LogP contribution in [0.1, 0.15) is 26.5 Å². The Morgan fingerprint density at radius 3 is 2.81 bits per heavy atom. The number of carbonyl (C=O) groups excluding carboxylic acids is 1. The molecule has 1 aromatic heterocycles. The first-order chi connectivity index (χ1) is 7.54. The molecule has 0 aliphatic carbocycles. The first kappa shape index (κ1) is 12.7. The van der Waals surface area contributed by atoms with Gasteiger partial charge in [0.25, 0.3) is 0 Å². The summed E-state index contributed by atoms with van der Waals surface area (Å²) in [5.41, 5.74) is 6.63. The number of rotatable bonds is 4. The van der Waals surface area contributed by atoms with E-state index in [4.69, 9.17) is 10.5 Å². The van der Waals surface area contributed by atoms with Crippen molar-refractivity contribution in [3.05, 3.63) is 17.2 Å². The van der Waals surface area contributed by atoms with Crippen molar-refractivity contribution in [1.82, 2.24) is 4.98 Å². The lowest BCUT2D eigenvalue weighted by atomic mass is 10.1. The highest BCUT2D eigenvalue weighted by Crippen LogP contribution is 2.22. The molecule has 0 saturated carbocycles. The van der Waals surface area contributed by atoms with Crippen LogP contribution in [0.15, 0.2) is 11.5 Å². The third-order valence-corrected chi connectivity index (χ3v) is 2.47. The van der Waals surface area contributed by atoms with Gasteiger partial charge in [-0.05, 0) is 12.8 Å². The molecule has 1 rings (SSSR count). The maximum atomic E-state index is 11.7. The smallest absolute Gasteiger partial charge is 0.340 e. The fourth-order valence-corrected chi connectivity index (χ4v) is 1.77. The molecule has 0 radical (unpaired) electrons. The molecule has 0 aliphatic rings. The highest BCUT2D eigenvalue weighted by Gasteiger charge is 2.16. The average molecular weight is 240 g/mol. The Labute approximate surface area is 99.1 Å². The van der Waals surface area contributed by atoms with E-state index in [9.17, 15) is 4.79 Å². The van der Waals surface area contributed by atoms with Crippen LogP contribution in [0.3, 0.4) is 0 Å². The number of ether oxygens (including phenoxy) is 1. The van der Waals surface area contributed by atoms with Gasteiger partial charge in [0, 0.05) is 5.38 Å². The zero-order valence-corrected chi connectivity index (χ0v) is 10.5. The molecule has 88 valence electrons. The molecule has 0 amide bonds. The number of carbonyl (C=O) groups is 1. The van der Waals surface area contributed by atoms with Crippen LogP contribution < -0.4 is 5.73 Å². The molecular weight excluding hydrogens is 224 g/mol. The number of allylic oxidation sites excluding steroid dienone is 1. The molecule has 0 aliphatic heterocycles. The van der Waals surface area contributed by atoms with Crippen molar-refractivity contribution in [3.8, 4) is 0 Å². The molecule has 0 fully saturated rings. The third kappa shape index (κ3) is 3.34. The molecule has 0 spiro atoms. The van der Waals surface area contributed by atoms with Crippen LogP contribution >= 0.6 is 11.3 Å². The number of nitrogens with two attached hydrogens (primary N) is 1. The van der Waals surface area contributed by atoms with Crippen LogP contribution in [-0.4, -0.2) is 17.6 Å². The van der Waals surface area contributed by atoms with Crippen molar-refractivity contribution in [2.45, 2.75) is 20.8 Å². The number of aromatic nitrogens is 1. The van der Waals surface area contributed by atoms with Crippen molar-refractivity contribution in [3.63, 3.8) is 0 Å². The maximum Gasteiger partial charge on any atom is 0.340 e. The minimum Gasteiger partial charge on any atom is -0.462 e. The van der Waals surface area contributed by atoms with Crippen molar-refractivity contribution < 1.29 is 9.53 Å². The van der Waals surface area contributed by atoms with Crippen molar-refractivity contribution in [2.75, 3.05) is 12.3 Å². The summed E-state index contributed by atoms with van der Waals surface area (Å²) in [6.07, 6.45) is 1.84. The standard InChI is InChI=1S/C11H16N2O2S/c1-4-15-10(14)8(5-7(2)3)9-6-16-11(12)13-9/h5-7H,4H2,1-3H3,(H2,12,13). The van der Waals surface area contributed by atoms with E-state index >= 15 is 0 Å². The largest absolute Gasteiger partial charge is 0.462 e. The van der Waals surface area contributed by atoms with Crippen LogP contribution in [0.5, 0.6) is 0 Å². The Bertz CT molecular complexity index is 396. The zero-order chi connectivity index (χ0) is 12.1. The number of thiazole rings is 1. The summed E-state index contributed by atoms with van der Waals surface area (Å²) in [6.45, 7) is 6.12. The number of nitrogens with zero attached hydrogens (tertiary/aromatic N) is 1. The van der Waals surface area contributed by atoms with Gasteiger partial charge in [-0.1, -0.05) is 19.9 Å². The van der Waals surface area contributed by atoms with Crippen LogP contribution in [0, 0.1) is 5.92 Å². The van der Waals surface area contributed by atoms with E-state index in [1.807, 2.05) is 19.9 Å². The zero-order valence-electron chi connectivity index (χ0n) is 9.69. The number of hydrogen-bond donors (Lipinski definition) is 1. The van der Waals surface area contributed by atoms with Gasteiger partial charge < -0.3 is 10.5 Å². The topological polar surface area (TPSA) is 65.2 Å². The summed E-state index contributed by atoms with van der Waals surface area (Å²) < 4.78 is 4.99. The Kier molecular flexibility index (Phi) is 4.49. The van der Waals surface area contributed by atoms with E-state index in [0.717, 1.165) is 0 Å². The second kappa shape index (κ2) is 5.65. The molecule has 0 unspecified atom stereocenters. The second-order valence-corrected chi connectivity index (χ2v) is 4.51. The monoisotopic (exact) mass is 240 g/mol. The molecule has 16 heavy (non-hydrogen) atoms. The fraction of sp³-hybridized carbons (Fsp3) is 0.455. The first-order valence-corrected chi connectivity index (χ1v) is 6.02. The average Bonchev–Trinajstić information content (AvgIpc) is 2.61. The predicted octanol–water partition coefficient (Wildman–Crippen LogP) is 2.33. The van der Waals surface area contributed by atoms with Gasteiger partial charge in [0.05, 0.1) is 17.9 Å². The summed E-state index contributed by atoms with van der Waals surface area (Å²) >= 11 is 1.31. The van der Waals surface area contributed by atoms with Crippen molar-refractivity contribution in [2.24, 2.45) is 5.92 Å². The van der Waals surface area contributed by atoms with Crippen molar-refractivity contribution >= 4 is 28.0 Å². The van der Waals surface area contributed by atoms with Crippen molar-refractivity contribution in [1.29, 1.82) is 0 Å². The number of anilines is 1.